The van der Waals surface area contributed by atoms with Gasteiger partial charge in [0.2, 0.25) is 10.0 Å². The van der Waals surface area contributed by atoms with E-state index in [2.05, 4.69) is 17.0 Å². The number of piperazine rings is 1. The number of ether oxygens (including phenoxy) is 1. The van der Waals surface area contributed by atoms with Crippen molar-refractivity contribution < 1.29 is 31.1 Å². The molecule has 1 aromatic carbocycles. The second-order valence-corrected chi connectivity index (χ2v) is 8.29. The lowest BCUT2D eigenvalue weighted by atomic mass is 10.2. The van der Waals surface area contributed by atoms with Crippen molar-refractivity contribution in [3.63, 3.8) is 0 Å². The third kappa shape index (κ3) is 6.26. The van der Waals surface area contributed by atoms with Gasteiger partial charge in [-0.1, -0.05) is 19.8 Å². The fourth-order valence-electron chi connectivity index (χ4n) is 2.78. The maximum Gasteiger partial charge on any atom is 0.573 e. The van der Waals surface area contributed by atoms with Crippen LogP contribution in [0.15, 0.2) is 29.2 Å². The van der Waals surface area contributed by atoms with Gasteiger partial charge >= 0.3 is 12.4 Å². The first-order valence-electron chi connectivity index (χ1n) is 9.02. The fraction of sp³-hybridized carbons (Fsp3) is 0.588. The molecule has 158 valence electrons. The van der Waals surface area contributed by atoms with Gasteiger partial charge in [0.15, 0.2) is 0 Å². The number of rotatable bonds is 7. The van der Waals surface area contributed by atoms with Gasteiger partial charge in [0.1, 0.15) is 5.75 Å². The summed E-state index contributed by atoms with van der Waals surface area (Å²) in [6, 6.07) is 3.84. The van der Waals surface area contributed by atoms with Crippen molar-refractivity contribution in [3.05, 3.63) is 24.3 Å². The standard InChI is InChI=1S/C17H24F3N3O4S/c1-2-3-4-9-21-16(24)22-10-12-23(13-11-22)28(25,26)15-7-5-14(6-8-15)27-17(18,19)20/h5-8H,2-4,9-13H2,1H3,(H,21,24). The third-order valence-corrected chi connectivity index (χ3v) is 6.19. The highest BCUT2D eigenvalue weighted by atomic mass is 32.2. The molecule has 1 saturated heterocycles. The van der Waals surface area contributed by atoms with Gasteiger partial charge in [-0.05, 0) is 30.7 Å². The predicted octanol–water partition coefficient (Wildman–Crippen LogP) is 2.79. The molecule has 1 heterocycles. The molecule has 11 heteroatoms. The SMILES string of the molecule is CCCCCNC(=O)N1CCN(S(=O)(=O)c2ccc(OC(F)(F)F)cc2)CC1. The minimum Gasteiger partial charge on any atom is -0.406 e. The number of carbonyl (C=O) groups is 1. The Morgan fingerprint density at radius 2 is 1.71 bits per heavy atom. The van der Waals surface area contributed by atoms with Crippen LogP contribution >= 0.6 is 0 Å². The van der Waals surface area contributed by atoms with Gasteiger partial charge in [0, 0.05) is 32.7 Å². The summed E-state index contributed by atoms with van der Waals surface area (Å²) < 4.78 is 66.9. The molecule has 1 fully saturated rings. The van der Waals surface area contributed by atoms with E-state index in [-0.39, 0.29) is 37.1 Å². The number of sulfonamides is 1. The van der Waals surface area contributed by atoms with Crippen LogP contribution in [0.2, 0.25) is 0 Å². The molecule has 0 unspecified atom stereocenters. The highest BCUT2D eigenvalue weighted by molar-refractivity contribution is 7.89. The summed E-state index contributed by atoms with van der Waals surface area (Å²) in [7, 11) is -3.86. The number of hydrogen-bond donors (Lipinski definition) is 1. The van der Waals surface area contributed by atoms with E-state index >= 15 is 0 Å². The van der Waals surface area contributed by atoms with E-state index in [4.69, 9.17) is 0 Å². The highest BCUT2D eigenvalue weighted by Gasteiger charge is 2.32. The summed E-state index contributed by atoms with van der Waals surface area (Å²) in [6.45, 7) is 3.37. The lowest BCUT2D eigenvalue weighted by Crippen LogP contribution is -2.53. The van der Waals surface area contributed by atoms with Crippen LogP contribution in [0.5, 0.6) is 5.75 Å². The summed E-state index contributed by atoms with van der Waals surface area (Å²) >= 11 is 0. The molecule has 0 radical (unpaired) electrons. The van der Waals surface area contributed by atoms with Crippen molar-refractivity contribution in [2.45, 2.75) is 37.4 Å². The second-order valence-electron chi connectivity index (χ2n) is 6.35. The monoisotopic (exact) mass is 423 g/mol. The van der Waals surface area contributed by atoms with Crippen LogP contribution in [0, 0.1) is 0 Å². The molecule has 7 nitrogen and oxygen atoms in total. The molecule has 28 heavy (non-hydrogen) atoms. The number of carbonyl (C=O) groups excluding carboxylic acids is 1. The van der Waals surface area contributed by atoms with Crippen LogP contribution in [-0.4, -0.2) is 62.7 Å². The summed E-state index contributed by atoms with van der Waals surface area (Å²) in [6.07, 6.45) is -1.87. The van der Waals surface area contributed by atoms with E-state index in [1.54, 1.807) is 4.90 Å². The number of nitrogens with one attached hydrogen (secondary N) is 1. The van der Waals surface area contributed by atoms with Gasteiger partial charge in [-0.25, -0.2) is 13.2 Å². The molecule has 0 aromatic heterocycles. The zero-order valence-electron chi connectivity index (χ0n) is 15.5. The largest absolute Gasteiger partial charge is 0.573 e. The normalized spacial score (nSPS) is 16.1. The summed E-state index contributed by atoms with van der Waals surface area (Å²) in [5, 5.41) is 2.81. The first-order valence-corrected chi connectivity index (χ1v) is 10.5. The molecule has 0 spiro atoms. The number of halogens is 3. The van der Waals surface area contributed by atoms with Crippen LogP contribution in [0.25, 0.3) is 0 Å². The molecule has 0 saturated carbocycles. The first kappa shape index (κ1) is 22.3. The second kappa shape index (κ2) is 9.46. The van der Waals surface area contributed by atoms with Crippen LogP contribution in [0.1, 0.15) is 26.2 Å². The minimum atomic E-state index is -4.84. The zero-order chi connectivity index (χ0) is 20.8. The van der Waals surface area contributed by atoms with Crippen molar-refractivity contribution in [2.24, 2.45) is 0 Å². The Morgan fingerprint density at radius 3 is 2.25 bits per heavy atom. The molecule has 2 rings (SSSR count). The molecule has 0 bridgehead atoms. The molecular formula is C17H24F3N3O4S. The Labute approximate surface area is 162 Å². The van der Waals surface area contributed by atoms with Crippen molar-refractivity contribution in [3.8, 4) is 5.75 Å². The van der Waals surface area contributed by atoms with Crippen LogP contribution < -0.4 is 10.1 Å². The van der Waals surface area contributed by atoms with Gasteiger partial charge in [-0.2, -0.15) is 4.31 Å². The van der Waals surface area contributed by atoms with Crippen LogP contribution in [-0.2, 0) is 10.0 Å². The molecular weight excluding hydrogens is 399 g/mol. The molecule has 1 aliphatic heterocycles. The quantitative estimate of drug-likeness (QED) is 0.684. The summed E-state index contributed by atoms with van der Waals surface area (Å²) in [5.74, 6) is -0.490. The lowest BCUT2D eigenvalue weighted by Gasteiger charge is -2.34. The van der Waals surface area contributed by atoms with E-state index in [0.717, 1.165) is 43.5 Å². The van der Waals surface area contributed by atoms with E-state index in [1.807, 2.05) is 0 Å². The van der Waals surface area contributed by atoms with Gasteiger partial charge in [-0.15, -0.1) is 13.2 Å². The average Bonchev–Trinajstić information content (AvgIpc) is 2.64. The first-order chi connectivity index (χ1) is 13.1. The molecule has 1 N–H and O–H groups in total. The van der Waals surface area contributed by atoms with Gasteiger partial charge in [-0.3, -0.25) is 0 Å². The smallest absolute Gasteiger partial charge is 0.406 e. The number of benzene rings is 1. The topological polar surface area (TPSA) is 79.0 Å². The number of alkyl halides is 3. The lowest BCUT2D eigenvalue weighted by molar-refractivity contribution is -0.274. The third-order valence-electron chi connectivity index (χ3n) is 4.28. The molecule has 0 atom stereocenters. The fourth-order valence-corrected chi connectivity index (χ4v) is 4.20. The number of urea groups is 1. The van der Waals surface area contributed by atoms with E-state index in [0.29, 0.717) is 6.54 Å². The van der Waals surface area contributed by atoms with Gasteiger partial charge in [0.05, 0.1) is 4.90 Å². The van der Waals surface area contributed by atoms with Crippen molar-refractivity contribution in [1.82, 2.24) is 14.5 Å². The Morgan fingerprint density at radius 1 is 1.11 bits per heavy atom. The Kier molecular flexibility index (Phi) is 7.53. The van der Waals surface area contributed by atoms with Crippen LogP contribution in [0.3, 0.4) is 0 Å². The van der Waals surface area contributed by atoms with E-state index in [9.17, 15) is 26.4 Å². The van der Waals surface area contributed by atoms with Crippen molar-refractivity contribution in [2.75, 3.05) is 32.7 Å². The number of nitrogens with zero attached hydrogens (tertiary/aromatic N) is 2. The molecule has 2 amide bonds. The Hall–Kier alpha value is -2.01. The van der Waals surface area contributed by atoms with E-state index < -0.39 is 22.1 Å². The Bertz CT molecular complexity index is 746. The maximum atomic E-state index is 12.6. The number of hydrogen-bond acceptors (Lipinski definition) is 4. The number of amides is 2. The highest BCUT2D eigenvalue weighted by Crippen LogP contribution is 2.25. The van der Waals surface area contributed by atoms with Crippen molar-refractivity contribution in [1.29, 1.82) is 0 Å². The van der Waals surface area contributed by atoms with Gasteiger partial charge in [0.25, 0.3) is 0 Å². The summed E-state index contributed by atoms with van der Waals surface area (Å²) in [5.41, 5.74) is 0. The Balaban J connectivity index is 1.91. The maximum absolute atomic E-state index is 12.6. The zero-order valence-corrected chi connectivity index (χ0v) is 16.4. The number of unbranched alkanes of at least 4 members (excludes halogenated alkanes) is 2. The summed E-state index contributed by atoms with van der Waals surface area (Å²) in [4.78, 5) is 13.5. The minimum absolute atomic E-state index is 0.117. The van der Waals surface area contributed by atoms with E-state index in [1.165, 1.54) is 4.31 Å². The van der Waals surface area contributed by atoms with Gasteiger partial charge < -0.3 is 15.0 Å². The van der Waals surface area contributed by atoms with Crippen molar-refractivity contribution >= 4 is 16.1 Å². The molecule has 1 aliphatic rings. The predicted molar refractivity (Wildman–Crippen MR) is 96.4 cm³/mol. The average molecular weight is 423 g/mol. The molecule has 0 aliphatic carbocycles. The van der Waals surface area contributed by atoms with Crippen LogP contribution in [0.4, 0.5) is 18.0 Å². The molecule has 1 aromatic rings.